The van der Waals surface area contributed by atoms with Gasteiger partial charge in [-0.1, -0.05) is 77.8 Å². The van der Waals surface area contributed by atoms with Gasteiger partial charge in [-0.25, -0.2) is 27.5 Å². The number of aliphatic imine (C=N–C) groups is 1. The van der Waals surface area contributed by atoms with E-state index >= 15 is 0 Å². The number of unbranched alkanes of at least 4 members (excludes halogenated alkanes) is 1. The second-order valence-corrected chi connectivity index (χ2v) is 20.5. The van der Waals surface area contributed by atoms with Crippen LogP contribution in [0.4, 0.5) is 9.59 Å². The number of benzene rings is 3. The number of sulfonamides is 1. The highest BCUT2D eigenvalue weighted by atomic mass is 35.5. The van der Waals surface area contributed by atoms with E-state index in [9.17, 15) is 42.0 Å². The van der Waals surface area contributed by atoms with Gasteiger partial charge in [0, 0.05) is 30.2 Å². The molecule has 398 valence electrons. The Hall–Kier alpha value is -6.94. The van der Waals surface area contributed by atoms with E-state index in [1.165, 1.54) is 30.9 Å². The molecule has 3 aromatic carbocycles. The van der Waals surface area contributed by atoms with Crippen LogP contribution < -0.4 is 37.0 Å². The van der Waals surface area contributed by atoms with Crippen molar-refractivity contribution in [2.45, 2.75) is 140 Å². The summed E-state index contributed by atoms with van der Waals surface area (Å²) >= 11 is 6.14. The fraction of sp³-hybridized carbons (Fsp3) is 0.480. The van der Waals surface area contributed by atoms with Gasteiger partial charge in [0.2, 0.25) is 29.6 Å². The zero-order valence-electron chi connectivity index (χ0n) is 42.0. The van der Waals surface area contributed by atoms with Crippen LogP contribution in [0.2, 0.25) is 5.02 Å². The third-order valence-corrected chi connectivity index (χ3v) is 12.9. The minimum atomic E-state index is -4.04. The number of rotatable bonds is 24. The lowest BCUT2D eigenvalue weighted by molar-refractivity contribution is -0.149. The number of hydrogen-bond donors (Lipinski definition) is 7. The van der Waals surface area contributed by atoms with Gasteiger partial charge >= 0.3 is 18.2 Å². The predicted octanol–water partition coefficient (Wildman–Crippen LogP) is 4.24. The average molecular weight is 1050 g/mol. The van der Waals surface area contributed by atoms with Crippen molar-refractivity contribution in [3.8, 4) is 0 Å². The predicted molar refractivity (Wildman–Crippen MR) is 272 cm³/mol. The van der Waals surface area contributed by atoms with Crippen LogP contribution in [0.15, 0.2) is 88.8 Å². The molecule has 4 rings (SSSR count). The third kappa shape index (κ3) is 20.2. The maximum atomic E-state index is 14.3. The van der Waals surface area contributed by atoms with Gasteiger partial charge in [0.25, 0.3) is 10.0 Å². The van der Waals surface area contributed by atoms with Crippen molar-refractivity contribution in [3.05, 3.63) is 101 Å². The molecule has 0 radical (unpaired) electrons. The lowest BCUT2D eigenvalue weighted by Crippen LogP contribution is -2.58. The number of halogens is 1. The molecule has 0 saturated carbocycles. The monoisotopic (exact) mass is 1050 g/mol. The minimum Gasteiger partial charge on any atom is -0.459 e. The Morgan fingerprint density at radius 2 is 1.41 bits per heavy atom. The molecule has 21 nitrogen and oxygen atoms in total. The van der Waals surface area contributed by atoms with Gasteiger partial charge < -0.3 is 51.4 Å². The summed E-state index contributed by atoms with van der Waals surface area (Å²) in [6.07, 6.45) is 0.0959. The van der Waals surface area contributed by atoms with E-state index in [0.717, 1.165) is 11.1 Å². The van der Waals surface area contributed by atoms with Crippen LogP contribution in [0.5, 0.6) is 0 Å². The number of nitrogens with two attached hydrogens (primary N) is 1. The molecule has 23 heteroatoms. The van der Waals surface area contributed by atoms with Crippen molar-refractivity contribution >= 4 is 69.4 Å². The molecule has 1 aliphatic rings. The zero-order valence-corrected chi connectivity index (χ0v) is 43.6. The molecule has 0 aromatic heterocycles. The van der Waals surface area contributed by atoms with Gasteiger partial charge in [-0.3, -0.25) is 24.2 Å². The molecular weight excluding hydrogens is 986 g/mol. The first-order valence-corrected chi connectivity index (χ1v) is 25.8. The largest absolute Gasteiger partial charge is 0.459 e. The molecule has 8 N–H and O–H groups in total. The zero-order chi connectivity index (χ0) is 53.7. The SMILES string of the molecule is Cc1ccc(S(=O)(=O)NC(N)=NCCC[C@H](NC(=O)[C@H](C)NC(=O)OC(C)(C)C)C(=O)N2CCC[C@H]2C(=O)N[C@@H](C)C(=O)N[C@@H](CCCCNC(=O)OCc2ccccc2Cl)C(=O)OCc2ccccc2)cc1. The molecule has 1 saturated heterocycles. The van der Waals surface area contributed by atoms with Gasteiger partial charge in [-0.05, 0) is 110 Å². The number of carbonyl (C=O) groups excluding carboxylic acids is 7. The summed E-state index contributed by atoms with van der Waals surface area (Å²) in [7, 11) is -4.04. The quantitative estimate of drug-likeness (QED) is 0.0218. The molecular formula is C50H68ClN9O12S. The number of aryl methyl sites for hydroxylation is 1. The maximum absolute atomic E-state index is 14.3. The Morgan fingerprint density at radius 3 is 2.08 bits per heavy atom. The van der Waals surface area contributed by atoms with Crippen molar-refractivity contribution in [1.29, 1.82) is 0 Å². The summed E-state index contributed by atoms with van der Waals surface area (Å²) in [5.41, 5.74) is 7.29. The van der Waals surface area contributed by atoms with Crippen LogP contribution in [0.25, 0.3) is 0 Å². The number of esters is 1. The van der Waals surface area contributed by atoms with Gasteiger partial charge in [-0.2, -0.15) is 0 Å². The first-order valence-electron chi connectivity index (χ1n) is 24.0. The lowest BCUT2D eigenvalue weighted by Gasteiger charge is -2.30. The minimum absolute atomic E-state index is 0.0224. The number of alkyl carbamates (subject to hydrolysis) is 2. The molecule has 0 aliphatic carbocycles. The van der Waals surface area contributed by atoms with Crippen LogP contribution in [-0.2, 0) is 61.4 Å². The molecule has 1 fully saturated rings. The second-order valence-electron chi connectivity index (χ2n) is 18.4. The van der Waals surface area contributed by atoms with Gasteiger partial charge in [0.15, 0.2) is 0 Å². The number of ether oxygens (including phenoxy) is 3. The highest BCUT2D eigenvalue weighted by Crippen LogP contribution is 2.21. The number of nitrogens with zero attached hydrogens (tertiary/aromatic N) is 2. The van der Waals surface area contributed by atoms with E-state index in [1.54, 1.807) is 81.4 Å². The lowest BCUT2D eigenvalue weighted by atomic mass is 10.1. The average Bonchev–Trinajstić information content (AvgIpc) is 3.83. The van der Waals surface area contributed by atoms with Gasteiger partial charge in [0.1, 0.15) is 49.0 Å². The van der Waals surface area contributed by atoms with Crippen LogP contribution in [-0.4, -0.2) is 117 Å². The van der Waals surface area contributed by atoms with Gasteiger partial charge in [0.05, 0.1) is 4.90 Å². The van der Waals surface area contributed by atoms with E-state index in [1.807, 2.05) is 13.0 Å². The van der Waals surface area contributed by atoms with Crippen molar-refractivity contribution in [1.82, 2.24) is 36.2 Å². The Balaban J connectivity index is 1.39. The van der Waals surface area contributed by atoms with Crippen molar-refractivity contribution in [3.63, 3.8) is 0 Å². The van der Waals surface area contributed by atoms with Crippen molar-refractivity contribution in [2.24, 2.45) is 10.7 Å². The maximum Gasteiger partial charge on any atom is 0.408 e. The third-order valence-electron chi connectivity index (χ3n) is 11.2. The highest BCUT2D eigenvalue weighted by Gasteiger charge is 2.39. The second kappa shape index (κ2) is 28.3. The van der Waals surface area contributed by atoms with Crippen LogP contribution in [0.3, 0.4) is 0 Å². The van der Waals surface area contributed by atoms with Crippen LogP contribution in [0, 0.1) is 6.92 Å². The molecule has 6 amide bonds. The smallest absolute Gasteiger partial charge is 0.408 e. The number of hydrogen-bond acceptors (Lipinski definition) is 13. The molecule has 0 unspecified atom stereocenters. The number of guanidine groups is 1. The van der Waals surface area contributed by atoms with Crippen molar-refractivity contribution < 1.29 is 56.2 Å². The summed E-state index contributed by atoms with van der Waals surface area (Å²) in [6.45, 7) is 9.79. The van der Waals surface area contributed by atoms with Crippen LogP contribution in [0.1, 0.15) is 96.3 Å². The van der Waals surface area contributed by atoms with E-state index in [4.69, 9.17) is 31.5 Å². The number of nitrogens with one attached hydrogen (secondary N) is 6. The topological polar surface area (TPSA) is 295 Å². The first-order chi connectivity index (χ1) is 34.5. The summed E-state index contributed by atoms with van der Waals surface area (Å²) in [5.74, 6) is -3.84. The molecule has 5 atom stereocenters. The first kappa shape index (κ1) is 58.6. The number of amides is 6. The normalized spacial score (nSPS) is 15.4. The molecule has 0 bridgehead atoms. The highest BCUT2D eigenvalue weighted by molar-refractivity contribution is 7.90. The molecule has 1 heterocycles. The summed E-state index contributed by atoms with van der Waals surface area (Å²) in [4.78, 5) is 98.9. The summed E-state index contributed by atoms with van der Waals surface area (Å²) in [6, 6.07) is 16.2. The summed E-state index contributed by atoms with van der Waals surface area (Å²) in [5, 5.41) is 13.6. The fourth-order valence-electron chi connectivity index (χ4n) is 7.27. The summed E-state index contributed by atoms with van der Waals surface area (Å²) < 4.78 is 43.9. The van der Waals surface area contributed by atoms with E-state index in [-0.39, 0.29) is 63.4 Å². The molecule has 73 heavy (non-hydrogen) atoms. The van der Waals surface area contributed by atoms with Gasteiger partial charge in [-0.15, -0.1) is 0 Å². The van der Waals surface area contributed by atoms with Crippen LogP contribution >= 0.6 is 11.6 Å². The molecule has 1 aliphatic heterocycles. The fourth-order valence-corrected chi connectivity index (χ4v) is 8.41. The van der Waals surface area contributed by atoms with E-state index in [0.29, 0.717) is 29.8 Å². The van der Waals surface area contributed by atoms with E-state index < -0.39 is 93.6 Å². The standard InChI is InChI=1S/C50H68ClN9O12S/c1-32-23-25-37(26-24-32)73(68,69)59-47(52)53-28-14-21-39(57-43(62)34(3)56-49(67)72-50(4,5)6)45(64)60-29-15-22-41(60)44(63)55-33(2)42(61)58-40(46(65)70-30-35-16-8-7-9-17-35)20-12-13-27-54-48(66)71-31-36-18-10-11-19-38(36)51/h7-11,16-19,23-26,33-34,39-41H,12-15,20-22,27-31H2,1-6H3,(H,54,66)(H,55,63)(H,56,67)(H,57,62)(H,58,61)(H3,52,53,59)/t33-,34-,39-,40-,41-/m0/s1. The van der Waals surface area contributed by atoms with E-state index in [2.05, 4.69) is 36.3 Å². The Labute approximate surface area is 431 Å². The Kier molecular flexibility index (Phi) is 22.8. The molecule has 3 aromatic rings. The molecule has 0 spiro atoms. The van der Waals surface area contributed by atoms with Crippen molar-refractivity contribution in [2.75, 3.05) is 19.6 Å². The number of carbonyl (C=O) groups is 7. The Morgan fingerprint density at radius 1 is 0.781 bits per heavy atom. The Bertz CT molecular complexity index is 2510. The number of likely N-dealkylation sites (tertiary alicyclic amines) is 1.